The van der Waals surface area contributed by atoms with Gasteiger partial charge in [0.2, 0.25) is 5.91 Å². The highest BCUT2D eigenvalue weighted by Crippen LogP contribution is 2.29. The van der Waals surface area contributed by atoms with Gasteiger partial charge in [-0.05, 0) is 56.0 Å². The van der Waals surface area contributed by atoms with Crippen LogP contribution < -0.4 is 5.73 Å². The number of benzene rings is 1. The van der Waals surface area contributed by atoms with Crippen molar-refractivity contribution in [2.24, 2.45) is 11.7 Å². The lowest BCUT2D eigenvalue weighted by atomic mass is 10.0. The van der Waals surface area contributed by atoms with Crippen molar-refractivity contribution in [1.29, 1.82) is 0 Å². The fourth-order valence-corrected chi connectivity index (χ4v) is 3.22. The zero-order valence-electron chi connectivity index (χ0n) is 12.5. The van der Waals surface area contributed by atoms with E-state index in [1.54, 1.807) is 6.08 Å². The molecular weight excluding hydrogens is 284 g/mol. The van der Waals surface area contributed by atoms with Crippen LogP contribution in [0.15, 0.2) is 30.3 Å². The first kappa shape index (κ1) is 16.1. The summed E-state index contributed by atoms with van der Waals surface area (Å²) in [4.78, 5) is 14.4. The van der Waals surface area contributed by atoms with E-state index in [0.29, 0.717) is 23.5 Å². The number of carbonyl (C=O) groups excluding carboxylic acids is 1. The van der Waals surface area contributed by atoms with Crippen LogP contribution in [0, 0.1) is 5.92 Å². The van der Waals surface area contributed by atoms with Gasteiger partial charge in [-0.2, -0.15) is 0 Å². The number of halogens is 1. The Morgan fingerprint density at radius 3 is 2.71 bits per heavy atom. The normalized spacial score (nSPS) is 21.9. The topological polar surface area (TPSA) is 46.3 Å². The van der Waals surface area contributed by atoms with Gasteiger partial charge in [0, 0.05) is 23.7 Å². The van der Waals surface area contributed by atoms with Crippen molar-refractivity contribution in [3.63, 3.8) is 0 Å². The van der Waals surface area contributed by atoms with Crippen LogP contribution in [0.1, 0.15) is 31.7 Å². The zero-order chi connectivity index (χ0) is 15.2. The molecule has 2 rings (SSSR count). The van der Waals surface area contributed by atoms with Gasteiger partial charge < -0.3 is 10.6 Å². The lowest BCUT2D eigenvalue weighted by Crippen LogP contribution is -2.43. The molecule has 0 aliphatic heterocycles. The summed E-state index contributed by atoms with van der Waals surface area (Å²) in [5, 5.41) is 0.699. The minimum atomic E-state index is 0.0674. The molecule has 0 aromatic heterocycles. The van der Waals surface area contributed by atoms with Gasteiger partial charge in [-0.25, -0.2) is 0 Å². The molecule has 0 heterocycles. The maximum atomic E-state index is 12.4. The molecule has 2 N–H and O–H groups in total. The van der Waals surface area contributed by atoms with Crippen LogP contribution >= 0.6 is 11.6 Å². The number of carbonyl (C=O) groups is 1. The molecule has 0 bridgehead atoms. The average molecular weight is 307 g/mol. The Morgan fingerprint density at radius 2 is 2.10 bits per heavy atom. The summed E-state index contributed by atoms with van der Waals surface area (Å²) in [5.74, 6) is 0.510. The van der Waals surface area contributed by atoms with Crippen LogP contribution in [-0.4, -0.2) is 29.9 Å². The van der Waals surface area contributed by atoms with Crippen LogP contribution in [0.5, 0.6) is 0 Å². The van der Waals surface area contributed by atoms with Gasteiger partial charge in [-0.3, -0.25) is 4.79 Å². The summed E-state index contributed by atoms with van der Waals surface area (Å²) in [6.45, 7) is 3.42. The fourth-order valence-electron chi connectivity index (χ4n) is 3.09. The summed E-state index contributed by atoms with van der Waals surface area (Å²) < 4.78 is 0. The molecule has 0 radical (unpaired) electrons. The van der Waals surface area contributed by atoms with Crippen LogP contribution in [0.25, 0.3) is 6.08 Å². The first-order valence-electron chi connectivity index (χ1n) is 7.60. The van der Waals surface area contributed by atoms with E-state index in [1.807, 2.05) is 42.2 Å². The molecular formula is C17H23ClN2O. The van der Waals surface area contributed by atoms with Crippen LogP contribution in [0.3, 0.4) is 0 Å². The van der Waals surface area contributed by atoms with E-state index < -0.39 is 0 Å². The highest BCUT2D eigenvalue weighted by molar-refractivity contribution is 6.30. The summed E-state index contributed by atoms with van der Waals surface area (Å²) in [7, 11) is 0. The summed E-state index contributed by atoms with van der Waals surface area (Å²) in [5.41, 5.74) is 6.80. The molecule has 1 aromatic carbocycles. The monoisotopic (exact) mass is 306 g/mol. The zero-order valence-corrected chi connectivity index (χ0v) is 13.2. The van der Waals surface area contributed by atoms with Gasteiger partial charge in [0.1, 0.15) is 0 Å². The Labute approximate surface area is 131 Å². The van der Waals surface area contributed by atoms with Crippen molar-refractivity contribution in [3.8, 4) is 0 Å². The molecule has 1 aliphatic carbocycles. The van der Waals surface area contributed by atoms with Crippen LogP contribution in [0.2, 0.25) is 5.02 Å². The summed E-state index contributed by atoms with van der Waals surface area (Å²) >= 11 is 5.85. The molecule has 1 saturated carbocycles. The third kappa shape index (κ3) is 4.08. The Balaban J connectivity index is 2.04. The van der Waals surface area contributed by atoms with E-state index in [2.05, 4.69) is 0 Å². The van der Waals surface area contributed by atoms with E-state index in [4.69, 9.17) is 17.3 Å². The highest BCUT2D eigenvalue weighted by atomic mass is 35.5. The summed E-state index contributed by atoms with van der Waals surface area (Å²) in [6.07, 6.45) is 6.85. The van der Waals surface area contributed by atoms with E-state index in [1.165, 1.54) is 0 Å². The Hall–Kier alpha value is -1.32. The smallest absolute Gasteiger partial charge is 0.246 e. The highest BCUT2D eigenvalue weighted by Gasteiger charge is 2.32. The summed E-state index contributed by atoms with van der Waals surface area (Å²) in [6, 6.07) is 7.75. The lowest BCUT2D eigenvalue weighted by molar-refractivity contribution is -0.128. The van der Waals surface area contributed by atoms with Gasteiger partial charge >= 0.3 is 0 Å². The van der Waals surface area contributed by atoms with Crippen molar-refractivity contribution in [3.05, 3.63) is 40.9 Å². The molecule has 1 amide bonds. The molecule has 0 saturated heterocycles. The number of hydrogen-bond donors (Lipinski definition) is 1. The number of nitrogens with two attached hydrogens (primary N) is 1. The molecule has 1 aromatic rings. The molecule has 2 unspecified atom stereocenters. The second-order valence-corrected chi connectivity index (χ2v) is 5.94. The first-order chi connectivity index (χ1) is 10.2. The fraction of sp³-hybridized carbons (Fsp3) is 0.471. The molecule has 1 fully saturated rings. The van der Waals surface area contributed by atoms with E-state index in [9.17, 15) is 4.79 Å². The Kier molecular flexibility index (Phi) is 5.83. The third-order valence-corrected chi connectivity index (χ3v) is 4.49. The predicted octanol–water partition coefficient (Wildman–Crippen LogP) is 3.33. The Bertz CT molecular complexity index is 498. The van der Waals surface area contributed by atoms with Crippen molar-refractivity contribution in [1.82, 2.24) is 4.90 Å². The molecule has 4 heteroatoms. The third-order valence-electron chi connectivity index (χ3n) is 4.23. The SMILES string of the molecule is CCN(C(=O)C=Cc1ccc(Cl)cc1)C1CCCC1CN. The molecule has 3 nitrogen and oxygen atoms in total. The minimum Gasteiger partial charge on any atom is -0.336 e. The van der Waals surface area contributed by atoms with E-state index >= 15 is 0 Å². The van der Waals surface area contributed by atoms with Gasteiger partial charge in [-0.15, -0.1) is 0 Å². The molecule has 0 spiro atoms. The number of amides is 1. The molecule has 21 heavy (non-hydrogen) atoms. The van der Waals surface area contributed by atoms with Crippen molar-refractivity contribution < 1.29 is 4.79 Å². The van der Waals surface area contributed by atoms with Gasteiger partial charge in [-0.1, -0.05) is 30.2 Å². The second-order valence-electron chi connectivity index (χ2n) is 5.50. The maximum absolute atomic E-state index is 12.4. The molecule has 2 atom stereocenters. The van der Waals surface area contributed by atoms with Crippen LogP contribution in [0.4, 0.5) is 0 Å². The Morgan fingerprint density at radius 1 is 1.38 bits per heavy atom. The van der Waals surface area contributed by atoms with Crippen molar-refractivity contribution >= 4 is 23.6 Å². The van der Waals surface area contributed by atoms with Crippen LogP contribution in [-0.2, 0) is 4.79 Å². The minimum absolute atomic E-state index is 0.0674. The van der Waals surface area contributed by atoms with Gasteiger partial charge in [0.25, 0.3) is 0 Å². The number of likely N-dealkylation sites (N-methyl/N-ethyl adjacent to an activating group) is 1. The van der Waals surface area contributed by atoms with Crippen molar-refractivity contribution in [2.75, 3.05) is 13.1 Å². The number of nitrogens with zero attached hydrogens (tertiary/aromatic N) is 1. The predicted molar refractivity (Wildman–Crippen MR) is 88.1 cm³/mol. The van der Waals surface area contributed by atoms with E-state index in [-0.39, 0.29) is 5.91 Å². The standard InChI is InChI=1S/C17H23ClN2O/c1-2-20(16-5-3-4-14(16)12-19)17(21)11-8-13-6-9-15(18)10-7-13/h6-11,14,16H,2-5,12,19H2,1H3. The number of hydrogen-bond acceptors (Lipinski definition) is 2. The quantitative estimate of drug-likeness (QED) is 0.848. The number of rotatable bonds is 5. The van der Waals surface area contributed by atoms with Gasteiger partial charge in [0.05, 0.1) is 0 Å². The second kappa shape index (κ2) is 7.62. The molecule has 114 valence electrons. The largest absolute Gasteiger partial charge is 0.336 e. The van der Waals surface area contributed by atoms with Crippen molar-refractivity contribution in [2.45, 2.75) is 32.2 Å². The average Bonchev–Trinajstić information content (AvgIpc) is 2.96. The maximum Gasteiger partial charge on any atom is 0.246 e. The molecule has 1 aliphatic rings. The first-order valence-corrected chi connectivity index (χ1v) is 7.97. The van der Waals surface area contributed by atoms with Gasteiger partial charge in [0.15, 0.2) is 0 Å². The van der Waals surface area contributed by atoms with E-state index in [0.717, 1.165) is 31.4 Å². The lowest BCUT2D eigenvalue weighted by Gasteiger charge is -2.31.